The highest BCUT2D eigenvalue weighted by Gasteiger charge is 1.94. The molecule has 22 heavy (non-hydrogen) atoms. The number of allylic oxidation sites excluding steroid dienone is 1. The molecule has 110 valence electrons. The quantitative estimate of drug-likeness (QED) is 0.267. The van der Waals surface area contributed by atoms with Crippen molar-refractivity contribution in [1.29, 1.82) is 0 Å². The SMILES string of the molecule is O=C(/C=C/C#Cc1ccc(NSc2ccccc2)cc1)NO. The summed E-state index contributed by atoms with van der Waals surface area (Å²) in [7, 11) is 0. The largest absolute Gasteiger partial charge is 0.326 e. The van der Waals surface area contributed by atoms with Gasteiger partial charge in [-0.2, -0.15) is 0 Å². The molecule has 0 saturated carbocycles. The molecule has 2 rings (SSSR count). The van der Waals surface area contributed by atoms with Crippen molar-refractivity contribution in [1.82, 2.24) is 5.48 Å². The number of amides is 1. The molecule has 0 bridgehead atoms. The minimum atomic E-state index is -0.605. The molecule has 1 amide bonds. The molecule has 2 aromatic rings. The number of benzene rings is 2. The summed E-state index contributed by atoms with van der Waals surface area (Å²) in [5, 5.41) is 8.31. The Kier molecular flexibility index (Phi) is 6.12. The molecule has 0 saturated heterocycles. The predicted molar refractivity (Wildman–Crippen MR) is 88.3 cm³/mol. The Hall–Kier alpha value is -2.68. The van der Waals surface area contributed by atoms with Crippen molar-refractivity contribution in [2.75, 3.05) is 4.72 Å². The van der Waals surface area contributed by atoms with E-state index in [4.69, 9.17) is 5.21 Å². The molecule has 0 radical (unpaired) electrons. The maximum absolute atomic E-state index is 10.7. The fraction of sp³-hybridized carbons (Fsp3) is 0. The topological polar surface area (TPSA) is 61.4 Å². The van der Waals surface area contributed by atoms with Crippen molar-refractivity contribution >= 4 is 23.5 Å². The molecule has 0 spiro atoms. The summed E-state index contributed by atoms with van der Waals surface area (Å²) in [6, 6.07) is 17.7. The van der Waals surface area contributed by atoms with Gasteiger partial charge in [-0.25, -0.2) is 5.48 Å². The predicted octanol–water partition coefficient (Wildman–Crippen LogP) is 3.22. The van der Waals surface area contributed by atoms with Gasteiger partial charge in [0, 0.05) is 22.2 Å². The van der Waals surface area contributed by atoms with Gasteiger partial charge in [0.05, 0.1) is 0 Å². The lowest BCUT2D eigenvalue weighted by Crippen LogP contribution is -2.14. The summed E-state index contributed by atoms with van der Waals surface area (Å²) in [6.45, 7) is 0. The van der Waals surface area contributed by atoms with E-state index in [0.29, 0.717) is 0 Å². The van der Waals surface area contributed by atoms with Gasteiger partial charge in [0.1, 0.15) is 0 Å². The third-order valence-electron chi connectivity index (χ3n) is 2.56. The lowest BCUT2D eigenvalue weighted by molar-refractivity contribution is -0.124. The van der Waals surface area contributed by atoms with Gasteiger partial charge in [-0.05, 0) is 54.4 Å². The van der Waals surface area contributed by atoms with Crippen molar-refractivity contribution in [2.45, 2.75) is 4.90 Å². The number of carbonyl (C=O) groups is 1. The molecule has 0 atom stereocenters. The van der Waals surface area contributed by atoms with Crippen LogP contribution in [0.2, 0.25) is 0 Å². The Morgan fingerprint density at radius 3 is 2.50 bits per heavy atom. The number of anilines is 1. The van der Waals surface area contributed by atoms with Crippen LogP contribution in [0.25, 0.3) is 0 Å². The van der Waals surface area contributed by atoms with E-state index in [-0.39, 0.29) is 0 Å². The molecule has 0 heterocycles. The fourth-order valence-corrected chi connectivity index (χ4v) is 2.17. The molecule has 4 nitrogen and oxygen atoms in total. The first-order valence-electron chi connectivity index (χ1n) is 6.48. The normalized spacial score (nSPS) is 9.86. The van der Waals surface area contributed by atoms with Crippen LogP contribution in [-0.4, -0.2) is 11.1 Å². The molecule has 0 aliphatic heterocycles. The summed E-state index contributed by atoms with van der Waals surface area (Å²) in [6.07, 6.45) is 2.53. The van der Waals surface area contributed by atoms with Crippen LogP contribution in [0.15, 0.2) is 71.6 Å². The highest BCUT2D eigenvalue weighted by atomic mass is 32.2. The van der Waals surface area contributed by atoms with Crippen LogP contribution in [0.3, 0.4) is 0 Å². The molecule has 3 N–H and O–H groups in total. The van der Waals surface area contributed by atoms with Crippen LogP contribution < -0.4 is 10.2 Å². The number of carbonyl (C=O) groups excluding carboxylic acids is 1. The maximum Gasteiger partial charge on any atom is 0.267 e. The van der Waals surface area contributed by atoms with Crippen LogP contribution in [-0.2, 0) is 4.79 Å². The second kappa shape index (κ2) is 8.57. The van der Waals surface area contributed by atoms with Crippen molar-refractivity contribution in [2.24, 2.45) is 0 Å². The van der Waals surface area contributed by atoms with Crippen LogP contribution in [0.1, 0.15) is 5.56 Å². The average Bonchev–Trinajstić information content (AvgIpc) is 2.58. The minimum absolute atomic E-state index is 0.605. The minimum Gasteiger partial charge on any atom is -0.326 e. The molecule has 0 aliphatic carbocycles. The van der Waals surface area contributed by atoms with Crippen LogP contribution in [0.4, 0.5) is 5.69 Å². The zero-order valence-corrected chi connectivity index (χ0v) is 12.4. The maximum atomic E-state index is 10.7. The van der Waals surface area contributed by atoms with Crippen molar-refractivity contribution in [3.63, 3.8) is 0 Å². The van der Waals surface area contributed by atoms with Gasteiger partial charge in [0.2, 0.25) is 0 Å². The van der Waals surface area contributed by atoms with Crippen molar-refractivity contribution in [3.8, 4) is 11.8 Å². The first kappa shape index (κ1) is 15.7. The van der Waals surface area contributed by atoms with E-state index >= 15 is 0 Å². The molecular weight excluding hydrogens is 296 g/mol. The van der Waals surface area contributed by atoms with E-state index in [9.17, 15) is 4.79 Å². The van der Waals surface area contributed by atoms with Gasteiger partial charge in [0.15, 0.2) is 0 Å². The Bertz CT molecular complexity index is 701. The van der Waals surface area contributed by atoms with Gasteiger partial charge in [-0.1, -0.05) is 30.0 Å². The second-order valence-corrected chi connectivity index (χ2v) is 5.05. The van der Waals surface area contributed by atoms with Gasteiger partial charge in [0.25, 0.3) is 5.91 Å². The molecular formula is C17H14N2O2S. The summed E-state index contributed by atoms with van der Waals surface area (Å²) in [4.78, 5) is 11.9. The number of rotatable bonds is 4. The molecule has 2 aromatic carbocycles. The van der Waals surface area contributed by atoms with E-state index in [0.717, 1.165) is 22.2 Å². The summed E-state index contributed by atoms with van der Waals surface area (Å²) in [5.74, 6) is 5.00. The number of hydroxylamine groups is 1. The van der Waals surface area contributed by atoms with Crippen molar-refractivity contribution in [3.05, 3.63) is 72.3 Å². The molecule has 0 unspecified atom stereocenters. The van der Waals surface area contributed by atoms with Crippen LogP contribution in [0.5, 0.6) is 0 Å². The van der Waals surface area contributed by atoms with E-state index in [2.05, 4.69) is 16.6 Å². The molecule has 0 aromatic heterocycles. The van der Waals surface area contributed by atoms with Gasteiger partial charge in [-0.3, -0.25) is 10.0 Å². The first-order valence-corrected chi connectivity index (χ1v) is 7.30. The highest BCUT2D eigenvalue weighted by Crippen LogP contribution is 2.20. The first-order chi connectivity index (χ1) is 10.8. The lowest BCUT2D eigenvalue weighted by Gasteiger charge is -2.04. The zero-order chi connectivity index (χ0) is 15.6. The third kappa shape index (κ3) is 5.37. The van der Waals surface area contributed by atoms with Crippen molar-refractivity contribution < 1.29 is 10.0 Å². The Morgan fingerprint density at radius 1 is 1.09 bits per heavy atom. The lowest BCUT2D eigenvalue weighted by atomic mass is 10.2. The average molecular weight is 310 g/mol. The van der Waals surface area contributed by atoms with Gasteiger partial charge < -0.3 is 4.72 Å². The second-order valence-electron chi connectivity index (χ2n) is 4.17. The van der Waals surface area contributed by atoms with E-state index in [1.165, 1.54) is 11.6 Å². The van der Waals surface area contributed by atoms with Gasteiger partial charge in [-0.15, -0.1) is 0 Å². The van der Waals surface area contributed by atoms with E-state index in [1.807, 2.05) is 54.6 Å². The van der Waals surface area contributed by atoms with E-state index < -0.39 is 5.91 Å². The van der Waals surface area contributed by atoms with Gasteiger partial charge >= 0.3 is 0 Å². The zero-order valence-electron chi connectivity index (χ0n) is 11.6. The smallest absolute Gasteiger partial charge is 0.267 e. The van der Waals surface area contributed by atoms with E-state index in [1.54, 1.807) is 11.9 Å². The number of nitrogens with one attached hydrogen (secondary N) is 2. The molecule has 5 heteroatoms. The van der Waals surface area contributed by atoms with Crippen LogP contribution >= 0.6 is 11.9 Å². The third-order valence-corrected chi connectivity index (χ3v) is 3.41. The Morgan fingerprint density at radius 2 is 1.82 bits per heavy atom. The monoisotopic (exact) mass is 310 g/mol. The summed E-state index contributed by atoms with van der Waals surface area (Å²) >= 11 is 1.54. The Balaban J connectivity index is 1.89. The number of hydrogen-bond acceptors (Lipinski definition) is 4. The summed E-state index contributed by atoms with van der Waals surface area (Å²) in [5.41, 5.74) is 3.31. The number of hydrogen-bond donors (Lipinski definition) is 3. The van der Waals surface area contributed by atoms with Crippen LogP contribution in [0, 0.1) is 11.8 Å². The Labute approximate surface area is 133 Å². The standard InChI is InChI=1S/C17H14N2O2S/c20-17(18-21)9-5-4-6-14-10-12-15(13-11-14)19-22-16-7-2-1-3-8-16/h1-3,5,7-13,19,21H,(H,18,20)/b9-5+. The fourth-order valence-electron chi connectivity index (χ4n) is 1.51. The summed E-state index contributed by atoms with van der Waals surface area (Å²) < 4.78 is 3.25. The molecule has 0 aliphatic rings. The molecule has 0 fully saturated rings. The highest BCUT2D eigenvalue weighted by molar-refractivity contribution is 8.00.